The maximum absolute atomic E-state index is 14.2. The molecule has 2 unspecified atom stereocenters. The second-order valence-electron chi connectivity index (χ2n) is 11.1. The number of nitrogens with one attached hydrogen (secondary N) is 1. The minimum Gasteiger partial charge on any atom is -0.506 e. The third-order valence-corrected chi connectivity index (χ3v) is 9.36. The van der Waals surface area contributed by atoms with E-state index in [1.165, 1.54) is 4.90 Å². The van der Waals surface area contributed by atoms with E-state index in [0.29, 0.717) is 11.1 Å². The minimum atomic E-state index is -0.545. The van der Waals surface area contributed by atoms with Crippen LogP contribution >= 0.6 is 11.6 Å². The largest absolute Gasteiger partial charge is 0.506 e. The Morgan fingerprint density at radius 2 is 1.26 bits per heavy atom. The molecular weight excluding hydrogens is 548 g/mol. The Bertz CT molecular complexity index is 1890. The van der Waals surface area contributed by atoms with E-state index in [1.807, 2.05) is 36.4 Å². The summed E-state index contributed by atoms with van der Waals surface area (Å²) in [4.78, 5) is 42.8. The van der Waals surface area contributed by atoms with Crippen molar-refractivity contribution in [3.05, 3.63) is 136 Å². The summed E-state index contributed by atoms with van der Waals surface area (Å²) in [5, 5.41) is 15.2. The van der Waals surface area contributed by atoms with Crippen molar-refractivity contribution in [1.82, 2.24) is 0 Å². The molecule has 9 rings (SSSR count). The number of phenols is 1. The van der Waals surface area contributed by atoms with Crippen LogP contribution in [0.1, 0.15) is 44.4 Å². The minimum absolute atomic E-state index is 0.108. The van der Waals surface area contributed by atoms with Crippen molar-refractivity contribution in [3.8, 4) is 5.75 Å². The Morgan fingerprint density at radius 3 is 1.86 bits per heavy atom. The number of carbonyl (C=O) groups excluding carboxylic acids is 3. The highest BCUT2D eigenvalue weighted by Crippen LogP contribution is 2.61. The van der Waals surface area contributed by atoms with Gasteiger partial charge in [0.2, 0.25) is 11.8 Å². The average Bonchev–Trinajstić information content (AvgIpc) is 3.28. The summed E-state index contributed by atoms with van der Waals surface area (Å²) in [6.45, 7) is 0. The van der Waals surface area contributed by atoms with Crippen molar-refractivity contribution in [2.45, 2.75) is 11.8 Å². The molecule has 204 valence electrons. The van der Waals surface area contributed by atoms with Gasteiger partial charge in [0.25, 0.3) is 5.91 Å². The molecule has 5 aromatic rings. The highest BCUT2D eigenvalue weighted by molar-refractivity contribution is 6.36. The van der Waals surface area contributed by atoms with Gasteiger partial charge in [-0.2, -0.15) is 0 Å². The first-order valence-electron chi connectivity index (χ1n) is 13.8. The fourth-order valence-electron chi connectivity index (χ4n) is 7.31. The van der Waals surface area contributed by atoms with Gasteiger partial charge in [0, 0.05) is 22.9 Å². The number of benzene rings is 5. The smallest absolute Gasteiger partial charge is 0.259 e. The Kier molecular flexibility index (Phi) is 5.34. The van der Waals surface area contributed by atoms with E-state index >= 15 is 0 Å². The lowest BCUT2D eigenvalue weighted by Gasteiger charge is -2.45. The van der Waals surface area contributed by atoms with Gasteiger partial charge in [-0.1, -0.05) is 90.5 Å². The molecule has 42 heavy (non-hydrogen) atoms. The normalized spacial score (nSPS) is 21.7. The molecule has 1 aliphatic heterocycles. The molecule has 0 radical (unpaired) electrons. The maximum atomic E-state index is 14.2. The lowest BCUT2D eigenvalue weighted by molar-refractivity contribution is -0.122. The number of amides is 3. The first kappa shape index (κ1) is 24.8. The van der Waals surface area contributed by atoms with Gasteiger partial charge >= 0.3 is 0 Å². The van der Waals surface area contributed by atoms with Crippen molar-refractivity contribution >= 4 is 51.5 Å². The Labute approximate surface area is 246 Å². The molecule has 1 heterocycles. The highest BCUT2D eigenvalue weighted by atomic mass is 35.5. The topological polar surface area (TPSA) is 86.7 Å². The van der Waals surface area contributed by atoms with E-state index in [2.05, 4.69) is 29.6 Å². The Balaban J connectivity index is 1.16. The SMILES string of the molecule is O=C(Nc1ccc(Cl)c(N2C(=O)C3C4c5ccccc5C(c5ccccc54)C3C2=O)c1)c1ccc2ccccc2c1O. The van der Waals surface area contributed by atoms with E-state index in [1.54, 1.807) is 42.5 Å². The number of aromatic hydroxyl groups is 1. The van der Waals surface area contributed by atoms with Gasteiger partial charge in [0.1, 0.15) is 5.75 Å². The fourth-order valence-corrected chi connectivity index (χ4v) is 7.52. The standard InChI is InChI=1S/C35H23ClN2O4/c36-26-16-14-19(37-33(40)25-15-13-18-7-1-2-8-20(18)32(25)39)17-27(26)38-34(41)30-28-21-9-3-4-10-22(21)29(31(30)35(38)42)24-12-6-5-11-23(24)28/h1-17,28-31,39H,(H,37,40). The molecule has 3 aliphatic carbocycles. The first-order valence-corrected chi connectivity index (χ1v) is 14.2. The molecule has 5 aromatic carbocycles. The van der Waals surface area contributed by atoms with Crippen LogP contribution in [-0.4, -0.2) is 22.8 Å². The molecule has 4 aliphatic rings. The molecule has 3 amide bonds. The number of hydrogen-bond acceptors (Lipinski definition) is 4. The number of anilines is 2. The summed E-state index contributed by atoms with van der Waals surface area (Å²) in [7, 11) is 0. The van der Waals surface area contributed by atoms with Crippen LogP contribution in [0.2, 0.25) is 5.02 Å². The van der Waals surface area contributed by atoms with Crippen LogP contribution in [0.5, 0.6) is 5.75 Å². The highest BCUT2D eigenvalue weighted by Gasteiger charge is 2.62. The first-order chi connectivity index (χ1) is 20.4. The molecule has 2 bridgehead atoms. The van der Waals surface area contributed by atoms with E-state index in [-0.39, 0.29) is 45.7 Å². The number of hydrogen-bond donors (Lipinski definition) is 2. The van der Waals surface area contributed by atoms with Crippen LogP contribution in [0, 0.1) is 11.8 Å². The Hall–Kier alpha value is -4.94. The third kappa shape index (κ3) is 3.36. The zero-order valence-corrected chi connectivity index (χ0v) is 22.9. The summed E-state index contributed by atoms with van der Waals surface area (Å²) in [6, 6.07) is 31.5. The summed E-state index contributed by atoms with van der Waals surface area (Å²) in [5.41, 5.74) is 5.05. The molecule has 0 spiro atoms. The van der Waals surface area contributed by atoms with Crippen molar-refractivity contribution < 1.29 is 19.5 Å². The predicted octanol–water partition coefficient (Wildman–Crippen LogP) is 6.85. The molecule has 0 saturated carbocycles. The zero-order chi connectivity index (χ0) is 28.7. The maximum Gasteiger partial charge on any atom is 0.259 e. The quantitative estimate of drug-likeness (QED) is 0.232. The van der Waals surface area contributed by atoms with E-state index in [9.17, 15) is 19.5 Å². The van der Waals surface area contributed by atoms with Crippen LogP contribution < -0.4 is 10.2 Å². The van der Waals surface area contributed by atoms with E-state index < -0.39 is 17.7 Å². The number of carbonyl (C=O) groups is 3. The second-order valence-corrected chi connectivity index (χ2v) is 11.5. The number of imide groups is 1. The van der Waals surface area contributed by atoms with Crippen LogP contribution in [-0.2, 0) is 9.59 Å². The van der Waals surface area contributed by atoms with Gasteiger partial charge in [-0.15, -0.1) is 0 Å². The second kappa shape index (κ2) is 9.03. The molecule has 2 atom stereocenters. The summed E-state index contributed by atoms with van der Waals surface area (Å²) in [5.74, 6) is -2.78. The van der Waals surface area contributed by atoms with Gasteiger partial charge in [0.15, 0.2) is 0 Å². The van der Waals surface area contributed by atoms with Gasteiger partial charge < -0.3 is 10.4 Å². The van der Waals surface area contributed by atoms with Crippen molar-refractivity contribution in [1.29, 1.82) is 0 Å². The van der Waals surface area contributed by atoms with Crippen molar-refractivity contribution in [3.63, 3.8) is 0 Å². The molecule has 0 aromatic heterocycles. The summed E-state index contributed by atoms with van der Waals surface area (Å²) < 4.78 is 0. The van der Waals surface area contributed by atoms with Gasteiger partial charge in [0.05, 0.1) is 28.1 Å². The van der Waals surface area contributed by atoms with Crippen molar-refractivity contribution in [2.75, 3.05) is 10.2 Å². The monoisotopic (exact) mass is 570 g/mol. The molecule has 2 N–H and O–H groups in total. The summed E-state index contributed by atoms with van der Waals surface area (Å²) >= 11 is 6.62. The lowest BCUT2D eigenvalue weighted by Crippen LogP contribution is -2.41. The number of nitrogens with zero attached hydrogens (tertiary/aromatic N) is 1. The van der Waals surface area contributed by atoms with E-state index in [0.717, 1.165) is 27.6 Å². The van der Waals surface area contributed by atoms with Crippen LogP contribution in [0.15, 0.2) is 103 Å². The van der Waals surface area contributed by atoms with E-state index in [4.69, 9.17) is 11.6 Å². The lowest BCUT2D eigenvalue weighted by atomic mass is 9.55. The molecule has 1 saturated heterocycles. The van der Waals surface area contributed by atoms with Gasteiger partial charge in [-0.25, -0.2) is 4.90 Å². The zero-order valence-electron chi connectivity index (χ0n) is 22.1. The molecule has 6 nitrogen and oxygen atoms in total. The third-order valence-electron chi connectivity index (χ3n) is 9.04. The van der Waals surface area contributed by atoms with Gasteiger partial charge in [-0.05, 0) is 51.9 Å². The number of phenolic OH excluding ortho intramolecular Hbond substituents is 1. The molecule has 1 fully saturated rings. The number of halogens is 1. The molecular formula is C35H23ClN2O4. The Morgan fingerprint density at radius 1 is 0.714 bits per heavy atom. The van der Waals surface area contributed by atoms with Crippen LogP contribution in [0.25, 0.3) is 10.8 Å². The van der Waals surface area contributed by atoms with Crippen LogP contribution in [0.3, 0.4) is 0 Å². The summed E-state index contributed by atoms with van der Waals surface area (Å²) in [6.07, 6.45) is 0. The molecule has 7 heteroatoms. The number of fused-ring (bicyclic) bond motifs is 1. The van der Waals surface area contributed by atoms with Crippen molar-refractivity contribution in [2.24, 2.45) is 11.8 Å². The van der Waals surface area contributed by atoms with Gasteiger partial charge in [-0.3, -0.25) is 14.4 Å². The average molecular weight is 571 g/mol. The predicted molar refractivity (Wildman–Crippen MR) is 161 cm³/mol. The fraction of sp³-hybridized carbons (Fsp3) is 0.114. The van der Waals surface area contributed by atoms with Crippen LogP contribution in [0.4, 0.5) is 11.4 Å². The number of rotatable bonds is 3.